The number of rotatable bonds is 3. The molecule has 150 valence electrons. The highest BCUT2D eigenvalue weighted by Crippen LogP contribution is 2.61. The van der Waals surface area contributed by atoms with Gasteiger partial charge in [-0.1, -0.05) is 13.0 Å². The third-order valence-corrected chi connectivity index (χ3v) is 7.26. The highest BCUT2D eigenvalue weighted by molar-refractivity contribution is 5.96. The van der Waals surface area contributed by atoms with E-state index in [4.69, 9.17) is 9.47 Å². The molecule has 6 unspecified atom stereocenters. The van der Waals surface area contributed by atoms with Crippen LogP contribution < -0.4 is 0 Å². The average Bonchev–Trinajstić information content (AvgIpc) is 2.56. The zero-order valence-corrected chi connectivity index (χ0v) is 16.7. The Morgan fingerprint density at radius 2 is 1.96 bits per heavy atom. The van der Waals surface area contributed by atoms with Crippen LogP contribution in [0.25, 0.3) is 0 Å². The predicted molar refractivity (Wildman–Crippen MR) is 98.6 cm³/mol. The average molecular weight is 378 g/mol. The molecule has 1 saturated carbocycles. The SMILES string of the molecule is C=CC1(C)C(C(C)(C)C(=O)O)CC(O)C2(C)OC3=C(CC12)C(=O)CC(C)O3. The Hall–Kier alpha value is -1.82. The van der Waals surface area contributed by atoms with Crippen molar-refractivity contribution in [3.63, 3.8) is 0 Å². The van der Waals surface area contributed by atoms with Gasteiger partial charge in [0.05, 0.1) is 17.1 Å². The number of aliphatic hydroxyl groups is 1. The summed E-state index contributed by atoms with van der Waals surface area (Å²) in [6, 6.07) is 0. The quantitative estimate of drug-likeness (QED) is 0.733. The van der Waals surface area contributed by atoms with Crippen LogP contribution in [0.2, 0.25) is 0 Å². The van der Waals surface area contributed by atoms with E-state index in [1.807, 2.05) is 20.8 Å². The molecular formula is C21H30O6. The number of carbonyl (C=O) groups is 2. The highest BCUT2D eigenvalue weighted by atomic mass is 16.7. The monoisotopic (exact) mass is 378 g/mol. The maximum Gasteiger partial charge on any atom is 0.309 e. The van der Waals surface area contributed by atoms with Gasteiger partial charge >= 0.3 is 5.97 Å². The van der Waals surface area contributed by atoms with Gasteiger partial charge < -0.3 is 19.7 Å². The zero-order chi connectivity index (χ0) is 20.4. The highest BCUT2D eigenvalue weighted by Gasteiger charge is 2.64. The molecule has 6 atom stereocenters. The molecule has 1 fully saturated rings. The number of carboxylic acids is 1. The van der Waals surface area contributed by atoms with Gasteiger partial charge in [0.2, 0.25) is 0 Å². The molecule has 1 aliphatic carbocycles. The van der Waals surface area contributed by atoms with Crippen molar-refractivity contribution in [1.82, 2.24) is 0 Å². The smallest absolute Gasteiger partial charge is 0.309 e. The molecule has 0 spiro atoms. The van der Waals surface area contributed by atoms with Crippen LogP contribution in [0.3, 0.4) is 0 Å². The topological polar surface area (TPSA) is 93.1 Å². The molecule has 0 aromatic carbocycles. The Labute approximate surface area is 160 Å². The Kier molecular flexibility index (Phi) is 4.50. The number of ketones is 1. The van der Waals surface area contributed by atoms with Crippen LogP contribution in [0.5, 0.6) is 0 Å². The molecule has 6 nitrogen and oxygen atoms in total. The van der Waals surface area contributed by atoms with Gasteiger partial charge in [0.25, 0.3) is 5.95 Å². The fourth-order valence-corrected chi connectivity index (χ4v) is 5.35. The van der Waals surface area contributed by atoms with E-state index in [1.165, 1.54) is 0 Å². The molecule has 0 aromatic heterocycles. The van der Waals surface area contributed by atoms with Crippen LogP contribution in [-0.2, 0) is 19.1 Å². The van der Waals surface area contributed by atoms with Crippen LogP contribution in [0, 0.1) is 22.7 Å². The first-order valence-electron chi connectivity index (χ1n) is 9.55. The first-order chi connectivity index (χ1) is 12.4. The van der Waals surface area contributed by atoms with E-state index in [0.717, 1.165) is 0 Å². The molecule has 2 N–H and O–H groups in total. The lowest BCUT2D eigenvalue weighted by Gasteiger charge is -2.60. The van der Waals surface area contributed by atoms with Crippen LogP contribution in [-0.4, -0.2) is 39.8 Å². The molecule has 2 aliphatic heterocycles. The maximum absolute atomic E-state index is 12.6. The largest absolute Gasteiger partial charge is 0.481 e. The minimum absolute atomic E-state index is 0.00804. The normalized spacial score (nSPS) is 41.8. The van der Waals surface area contributed by atoms with Gasteiger partial charge in [0.1, 0.15) is 11.7 Å². The minimum Gasteiger partial charge on any atom is -0.481 e. The third kappa shape index (κ3) is 2.72. The second-order valence-electron chi connectivity index (χ2n) is 9.27. The van der Waals surface area contributed by atoms with Crippen LogP contribution in [0.4, 0.5) is 0 Å². The van der Waals surface area contributed by atoms with E-state index in [-0.39, 0.29) is 36.1 Å². The Morgan fingerprint density at radius 1 is 1.33 bits per heavy atom. The van der Waals surface area contributed by atoms with Gasteiger partial charge in [-0.3, -0.25) is 9.59 Å². The van der Waals surface area contributed by atoms with Crippen LogP contribution >= 0.6 is 0 Å². The van der Waals surface area contributed by atoms with Crippen molar-refractivity contribution in [3.8, 4) is 0 Å². The van der Waals surface area contributed by atoms with Crippen LogP contribution in [0.1, 0.15) is 53.9 Å². The summed E-state index contributed by atoms with van der Waals surface area (Å²) in [4.78, 5) is 24.5. The van der Waals surface area contributed by atoms with Crippen molar-refractivity contribution in [2.24, 2.45) is 22.7 Å². The molecule has 3 aliphatic rings. The van der Waals surface area contributed by atoms with E-state index in [1.54, 1.807) is 19.9 Å². The lowest BCUT2D eigenvalue weighted by atomic mass is 9.48. The summed E-state index contributed by atoms with van der Waals surface area (Å²) in [7, 11) is 0. The molecule has 3 rings (SSSR count). The lowest BCUT2D eigenvalue weighted by molar-refractivity contribution is -0.237. The van der Waals surface area contributed by atoms with E-state index in [9.17, 15) is 19.8 Å². The predicted octanol–water partition coefficient (Wildman–Crippen LogP) is 3.06. The Morgan fingerprint density at radius 3 is 2.52 bits per heavy atom. The molecule has 0 bridgehead atoms. The molecule has 6 heteroatoms. The number of hydrogen-bond acceptors (Lipinski definition) is 5. The fourth-order valence-electron chi connectivity index (χ4n) is 5.35. The second-order valence-corrected chi connectivity index (χ2v) is 9.27. The Bertz CT molecular complexity index is 722. The summed E-state index contributed by atoms with van der Waals surface area (Å²) in [5.74, 6) is -1.36. The second kappa shape index (κ2) is 6.09. The summed E-state index contributed by atoms with van der Waals surface area (Å²) >= 11 is 0. The maximum atomic E-state index is 12.6. The molecule has 27 heavy (non-hydrogen) atoms. The summed E-state index contributed by atoms with van der Waals surface area (Å²) in [5.41, 5.74) is -2.19. The number of aliphatic carboxylic acids is 1. The molecule has 0 radical (unpaired) electrons. The van der Waals surface area contributed by atoms with Gasteiger partial charge in [-0.25, -0.2) is 0 Å². The van der Waals surface area contributed by atoms with Gasteiger partial charge in [-0.05, 0) is 51.9 Å². The zero-order valence-electron chi connectivity index (χ0n) is 16.7. The first kappa shape index (κ1) is 19.9. The fraction of sp³-hybridized carbons (Fsp3) is 0.714. The number of aliphatic hydroxyl groups excluding tert-OH is 1. The van der Waals surface area contributed by atoms with Gasteiger partial charge in [-0.2, -0.15) is 0 Å². The summed E-state index contributed by atoms with van der Waals surface area (Å²) in [5, 5.41) is 20.8. The van der Waals surface area contributed by atoms with Crippen LogP contribution in [0.15, 0.2) is 24.2 Å². The molecule has 0 saturated heterocycles. The van der Waals surface area contributed by atoms with Crippen molar-refractivity contribution in [2.45, 2.75) is 71.7 Å². The molecule has 0 amide bonds. The number of allylic oxidation sites excluding steroid dienone is 2. The number of Topliss-reactive ketones (excluding diaryl/α,β-unsaturated/α-hetero) is 1. The van der Waals surface area contributed by atoms with Crippen molar-refractivity contribution < 1.29 is 29.3 Å². The molecule has 2 heterocycles. The van der Waals surface area contributed by atoms with Gasteiger partial charge in [0, 0.05) is 12.3 Å². The lowest BCUT2D eigenvalue weighted by Crippen LogP contribution is -2.65. The first-order valence-corrected chi connectivity index (χ1v) is 9.55. The van der Waals surface area contributed by atoms with Crippen molar-refractivity contribution in [3.05, 3.63) is 24.2 Å². The molecular weight excluding hydrogens is 348 g/mol. The number of carboxylic acid groups (broad SMARTS) is 1. The van der Waals surface area contributed by atoms with Gasteiger partial charge in [-0.15, -0.1) is 6.58 Å². The van der Waals surface area contributed by atoms with E-state index in [2.05, 4.69) is 6.58 Å². The summed E-state index contributed by atoms with van der Waals surface area (Å²) < 4.78 is 11.9. The summed E-state index contributed by atoms with van der Waals surface area (Å²) in [6.07, 6.45) is 1.57. The van der Waals surface area contributed by atoms with Gasteiger partial charge in [0.15, 0.2) is 5.78 Å². The van der Waals surface area contributed by atoms with E-state index >= 15 is 0 Å². The number of hydrogen-bond donors (Lipinski definition) is 2. The number of fused-ring (bicyclic) bond motifs is 1. The third-order valence-electron chi connectivity index (χ3n) is 7.26. The van der Waals surface area contributed by atoms with E-state index in [0.29, 0.717) is 18.4 Å². The molecule has 0 aromatic rings. The Balaban J connectivity index is 2.11. The van der Waals surface area contributed by atoms with Crippen molar-refractivity contribution >= 4 is 11.8 Å². The summed E-state index contributed by atoms with van der Waals surface area (Å²) in [6.45, 7) is 13.0. The minimum atomic E-state index is -1.07. The number of carbonyl (C=O) groups excluding carboxylic acids is 1. The standard InChI is InChI=1S/C21H30O6/c1-7-20(5)14(19(3,4)18(24)25)10-16(23)21(6)15(20)9-12-13(22)8-11(2)26-17(12)27-21/h7,11,14-16,23H,1,8-10H2,2-6H3,(H,24,25). The van der Waals surface area contributed by atoms with Crippen molar-refractivity contribution in [2.75, 3.05) is 0 Å². The van der Waals surface area contributed by atoms with E-state index < -0.39 is 28.5 Å². The number of ether oxygens (including phenoxy) is 2. The van der Waals surface area contributed by atoms with Crippen molar-refractivity contribution in [1.29, 1.82) is 0 Å².